The van der Waals surface area contributed by atoms with E-state index in [1.807, 2.05) is 0 Å². The quantitative estimate of drug-likeness (QED) is 0.824. The average Bonchev–Trinajstić information content (AvgIpc) is 2.44. The normalized spacial score (nSPS) is 16.0. The van der Waals surface area contributed by atoms with Gasteiger partial charge in [0, 0.05) is 29.4 Å². The molecule has 1 aliphatic rings. The molecule has 0 aromatic heterocycles. The molecule has 1 aromatic rings. The van der Waals surface area contributed by atoms with E-state index in [9.17, 15) is 9.59 Å². The highest BCUT2D eigenvalue weighted by Gasteiger charge is 2.24. The van der Waals surface area contributed by atoms with Gasteiger partial charge >= 0.3 is 5.97 Å². The van der Waals surface area contributed by atoms with Gasteiger partial charge in [-0.25, -0.2) is 4.79 Å². The number of carboxylic acids is 1. The van der Waals surface area contributed by atoms with Crippen LogP contribution in [0.15, 0.2) is 18.2 Å². The first kappa shape index (κ1) is 15.6. The fraction of sp³-hybridized carbons (Fsp3) is 0.429. The lowest BCUT2D eigenvalue weighted by atomic mass is 10.1. The van der Waals surface area contributed by atoms with Crippen LogP contribution in [0, 0.1) is 0 Å². The van der Waals surface area contributed by atoms with Gasteiger partial charge in [0.15, 0.2) is 0 Å². The Hall–Kier alpha value is -1.79. The topological polar surface area (TPSA) is 92.9 Å². The van der Waals surface area contributed by atoms with E-state index in [2.05, 4.69) is 0 Å². The van der Waals surface area contributed by atoms with Crippen molar-refractivity contribution in [2.24, 2.45) is 0 Å². The molecular weight excluding hydrogens is 296 g/mol. The number of hydrogen-bond donors (Lipinski definition) is 2. The third-order valence-electron chi connectivity index (χ3n) is 3.34. The van der Waals surface area contributed by atoms with Crippen LogP contribution in [0.2, 0.25) is 5.02 Å². The smallest absolute Gasteiger partial charge is 0.329 e. The monoisotopic (exact) mass is 312 g/mol. The summed E-state index contributed by atoms with van der Waals surface area (Å²) in [5.74, 6) is -1.11. The maximum absolute atomic E-state index is 12.4. The molecule has 1 fully saturated rings. The van der Waals surface area contributed by atoms with E-state index in [1.165, 1.54) is 0 Å². The van der Waals surface area contributed by atoms with Gasteiger partial charge in [-0.05, 0) is 31.0 Å². The Morgan fingerprint density at radius 1 is 1.33 bits per heavy atom. The molecule has 6 nitrogen and oxygen atoms in total. The van der Waals surface area contributed by atoms with Crippen LogP contribution in [-0.2, 0) is 9.53 Å². The van der Waals surface area contributed by atoms with Crippen LogP contribution < -0.4 is 5.73 Å². The predicted octanol–water partition coefficient (Wildman–Crippen LogP) is 1.63. The van der Waals surface area contributed by atoms with Gasteiger partial charge in [-0.3, -0.25) is 4.79 Å². The van der Waals surface area contributed by atoms with E-state index in [0.29, 0.717) is 42.2 Å². The zero-order valence-electron chi connectivity index (χ0n) is 11.4. The Balaban J connectivity index is 1.92. The largest absolute Gasteiger partial charge is 0.480 e. The number of benzene rings is 1. The van der Waals surface area contributed by atoms with Crippen LogP contribution in [0.5, 0.6) is 0 Å². The minimum absolute atomic E-state index is 0.116. The molecule has 0 radical (unpaired) electrons. The fourth-order valence-corrected chi connectivity index (χ4v) is 2.58. The zero-order chi connectivity index (χ0) is 15.4. The molecule has 0 atom stereocenters. The summed E-state index contributed by atoms with van der Waals surface area (Å²) in [5.41, 5.74) is 6.60. The van der Waals surface area contributed by atoms with Crippen molar-refractivity contribution in [3.8, 4) is 0 Å². The van der Waals surface area contributed by atoms with Crippen molar-refractivity contribution in [3.05, 3.63) is 28.8 Å². The summed E-state index contributed by atoms with van der Waals surface area (Å²) in [7, 11) is 0. The maximum atomic E-state index is 12.4. The summed E-state index contributed by atoms with van der Waals surface area (Å²) >= 11 is 5.90. The first-order valence-electron chi connectivity index (χ1n) is 6.64. The number of amides is 1. The lowest BCUT2D eigenvalue weighted by molar-refractivity contribution is -0.145. The third kappa shape index (κ3) is 4.34. The molecule has 7 heteroatoms. The van der Waals surface area contributed by atoms with Gasteiger partial charge < -0.3 is 20.5 Å². The number of halogens is 1. The number of rotatable bonds is 4. The number of carbonyl (C=O) groups is 2. The minimum atomic E-state index is -0.983. The van der Waals surface area contributed by atoms with E-state index < -0.39 is 5.97 Å². The predicted molar refractivity (Wildman–Crippen MR) is 78.4 cm³/mol. The number of ether oxygens (including phenoxy) is 1. The summed E-state index contributed by atoms with van der Waals surface area (Å²) in [5, 5.41) is 9.00. The first-order chi connectivity index (χ1) is 9.95. The average molecular weight is 313 g/mol. The number of nitrogens with zero attached hydrogens (tertiary/aromatic N) is 1. The summed E-state index contributed by atoms with van der Waals surface area (Å²) in [6.07, 6.45) is 1.12. The molecule has 0 saturated carbocycles. The lowest BCUT2D eigenvalue weighted by Gasteiger charge is -2.31. The number of hydrogen-bond acceptors (Lipinski definition) is 4. The molecular formula is C14H17ClN2O4. The lowest BCUT2D eigenvalue weighted by Crippen LogP contribution is -2.41. The molecule has 3 N–H and O–H groups in total. The number of likely N-dealkylation sites (tertiary alicyclic amines) is 1. The summed E-state index contributed by atoms with van der Waals surface area (Å²) < 4.78 is 5.24. The van der Waals surface area contributed by atoms with Gasteiger partial charge in [0.25, 0.3) is 5.91 Å². The Bertz CT molecular complexity index is 522. The van der Waals surface area contributed by atoms with Gasteiger partial charge in [0.1, 0.15) is 6.61 Å². The van der Waals surface area contributed by atoms with Crippen LogP contribution in [0.1, 0.15) is 23.2 Å². The number of piperidine rings is 1. The van der Waals surface area contributed by atoms with E-state index in [-0.39, 0.29) is 18.6 Å². The molecule has 1 amide bonds. The number of aliphatic carboxylic acids is 1. The number of nitrogen functional groups attached to an aromatic ring is 1. The van der Waals surface area contributed by atoms with Crippen LogP contribution in [0.4, 0.5) is 5.69 Å². The standard InChI is InChI=1S/C14H17ClN2O4/c15-10-5-9(6-11(16)7-10)14(20)17-3-1-12(2-4-17)21-8-13(18)19/h5-7,12H,1-4,8,16H2,(H,18,19). The van der Waals surface area contributed by atoms with Crippen LogP contribution >= 0.6 is 11.6 Å². The fourth-order valence-electron chi connectivity index (χ4n) is 2.33. The molecule has 1 saturated heterocycles. The number of carboxylic acid groups (broad SMARTS) is 1. The van der Waals surface area contributed by atoms with Crippen molar-refractivity contribution in [2.45, 2.75) is 18.9 Å². The van der Waals surface area contributed by atoms with Gasteiger partial charge in [-0.15, -0.1) is 0 Å². The highest BCUT2D eigenvalue weighted by Crippen LogP contribution is 2.20. The minimum Gasteiger partial charge on any atom is -0.480 e. The summed E-state index contributed by atoms with van der Waals surface area (Å²) in [4.78, 5) is 24.5. The third-order valence-corrected chi connectivity index (χ3v) is 3.56. The van der Waals surface area contributed by atoms with Crippen molar-refractivity contribution >= 4 is 29.2 Å². The number of anilines is 1. The molecule has 1 aliphatic heterocycles. The molecule has 0 bridgehead atoms. The van der Waals surface area contributed by atoms with Crippen molar-refractivity contribution < 1.29 is 19.4 Å². The van der Waals surface area contributed by atoms with Crippen LogP contribution in [-0.4, -0.2) is 47.7 Å². The molecule has 0 unspecified atom stereocenters. The zero-order valence-corrected chi connectivity index (χ0v) is 12.2. The SMILES string of the molecule is Nc1cc(Cl)cc(C(=O)N2CCC(OCC(=O)O)CC2)c1. The Kier molecular flexibility index (Phi) is 5.03. The summed E-state index contributed by atoms with van der Waals surface area (Å²) in [6.45, 7) is 0.745. The Morgan fingerprint density at radius 3 is 2.57 bits per heavy atom. The van der Waals surface area contributed by atoms with E-state index in [0.717, 1.165) is 0 Å². The van der Waals surface area contributed by atoms with Crippen LogP contribution in [0.25, 0.3) is 0 Å². The molecule has 1 heterocycles. The second kappa shape index (κ2) is 6.78. The number of nitrogens with two attached hydrogens (primary N) is 1. The van der Waals surface area contributed by atoms with Crippen molar-refractivity contribution in [2.75, 3.05) is 25.4 Å². The number of carbonyl (C=O) groups excluding carboxylic acids is 1. The van der Waals surface area contributed by atoms with E-state index >= 15 is 0 Å². The Morgan fingerprint density at radius 2 is 2.00 bits per heavy atom. The molecule has 1 aromatic carbocycles. The first-order valence-corrected chi connectivity index (χ1v) is 7.02. The maximum Gasteiger partial charge on any atom is 0.329 e. The highest BCUT2D eigenvalue weighted by molar-refractivity contribution is 6.31. The molecule has 2 rings (SSSR count). The van der Waals surface area contributed by atoms with E-state index in [4.69, 9.17) is 27.2 Å². The molecule has 0 spiro atoms. The van der Waals surface area contributed by atoms with Crippen LogP contribution in [0.3, 0.4) is 0 Å². The van der Waals surface area contributed by atoms with Crippen molar-refractivity contribution in [1.82, 2.24) is 4.90 Å². The summed E-state index contributed by atoms with van der Waals surface area (Å²) in [6, 6.07) is 4.78. The second-order valence-electron chi connectivity index (χ2n) is 4.97. The molecule has 114 valence electrons. The Labute approximate surface area is 127 Å². The molecule has 21 heavy (non-hydrogen) atoms. The molecule has 0 aliphatic carbocycles. The van der Waals surface area contributed by atoms with Crippen molar-refractivity contribution in [1.29, 1.82) is 0 Å². The van der Waals surface area contributed by atoms with Gasteiger partial charge in [0.05, 0.1) is 6.10 Å². The van der Waals surface area contributed by atoms with Gasteiger partial charge in [-0.1, -0.05) is 11.6 Å². The van der Waals surface area contributed by atoms with E-state index in [1.54, 1.807) is 23.1 Å². The highest BCUT2D eigenvalue weighted by atomic mass is 35.5. The second-order valence-corrected chi connectivity index (χ2v) is 5.41. The van der Waals surface area contributed by atoms with Gasteiger partial charge in [0.2, 0.25) is 0 Å². The van der Waals surface area contributed by atoms with Gasteiger partial charge in [-0.2, -0.15) is 0 Å². The van der Waals surface area contributed by atoms with Crippen molar-refractivity contribution in [3.63, 3.8) is 0 Å².